The van der Waals surface area contributed by atoms with Gasteiger partial charge in [0.25, 0.3) is 0 Å². The minimum atomic E-state index is -1.61. The average molecular weight is 471 g/mol. The van der Waals surface area contributed by atoms with Crippen LogP contribution in [0.2, 0.25) is 0 Å². The highest BCUT2D eigenvalue weighted by Crippen LogP contribution is 2.37. The van der Waals surface area contributed by atoms with Gasteiger partial charge in [-0.25, -0.2) is 22.8 Å². The fourth-order valence-corrected chi connectivity index (χ4v) is 4.29. The van der Waals surface area contributed by atoms with Gasteiger partial charge >= 0.3 is 12.1 Å². The van der Waals surface area contributed by atoms with Crippen LogP contribution in [0.15, 0.2) is 48.7 Å². The molecule has 5 rings (SSSR count). The third-order valence-corrected chi connectivity index (χ3v) is 6.03. The SMILES string of the molecule is C[C@H]1Cn2ncc(N3C(=O)OC[C@H]3c3ccccc3)c2CN1C(=O)Nc1cc(F)c(F)c(F)c1. The molecule has 2 atom stereocenters. The first-order valence-electron chi connectivity index (χ1n) is 10.6. The van der Waals surface area contributed by atoms with Gasteiger partial charge in [0.2, 0.25) is 0 Å². The Kier molecular flexibility index (Phi) is 5.39. The first-order valence-corrected chi connectivity index (χ1v) is 10.6. The molecule has 3 amide bonds. The lowest BCUT2D eigenvalue weighted by atomic mass is 10.1. The molecule has 2 aliphatic rings. The molecule has 0 radical (unpaired) electrons. The summed E-state index contributed by atoms with van der Waals surface area (Å²) in [5.74, 6) is -4.41. The number of fused-ring (bicyclic) bond motifs is 1. The summed E-state index contributed by atoms with van der Waals surface area (Å²) in [5, 5.41) is 6.80. The van der Waals surface area contributed by atoms with E-state index in [1.54, 1.807) is 17.8 Å². The Morgan fingerprint density at radius 3 is 2.56 bits per heavy atom. The van der Waals surface area contributed by atoms with Crippen LogP contribution in [0.3, 0.4) is 0 Å². The standard InChI is InChI=1S/C23H20F3N5O3/c1-13-10-30-19(11-29(13)22(32)28-15-7-16(24)21(26)17(25)8-15)18(9-27-30)31-20(12-34-23(31)33)14-5-3-2-4-6-14/h2-9,13,20H,10-12H2,1H3,(H,28,32)/t13-,20-/m0/s1. The molecule has 1 aromatic heterocycles. The second-order valence-electron chi connectivity index (χ2n) is 8.19. The molecule has 0 unspecified atom stereocenters. The minimum absolute atomic E-state index is 0.0831. The summed E-state index contributed by atoms with van der Waals surface area (Å²) in [6, 6.07) is 9.56. The zero-order chi connectivity index (χ0) is 24.0. The summed E-state index contributed by atoms with van der Waals surface area (Å²) >= 11 is 0. The number of aromatic nitrogens is 2. The minimum Gasteiger partial charge on any atom is -0.447 e. The van der Waals surface area contributed by atoms with Crippen molar-refractivity contribution in [1.82, 2.24) is 14.7 Å². The number of benzene rings is 2. The first-order chi connectivity index (χ1) is 16.3. The number of cyclic esters (lactones) is 1. The number of ether oxygens (including phenoxy) is 1. The Balaban J connectivity index is 1.42. The number of nitrogens with zero attached hydrogens (tertiary/aromatic N) is 4. The summed E-state index contributed by atoms with van der Waals surface area (Å²) in [6.07, 6.45) is 1.05. The zero-order valence-electron chi connectivity index (χ0n) is 18.0. The highest BCUT2D eigenvalue weighted by atomic mass is 19.2. The molecule has 1 N–H and O–H groups in total. The number of anilines is 2. The van der Waals surface area contributed by atoms with Crippen molar-refractivity contribution in [2.45, 2.75) is 32.1 Å². The van der Waals surface area contributed by atoms with Crippen molar-refractivity contribution in [3.8, 4) is 0 Å². The quantitative estimate of drug-likeness (QED) is 0.573. The van der Waals surface area contributed by atoms with Crippen molar-refractivity contribution in [2.24, 2.45) is 0 Å². The first kappa shape index (κ1) is 21.8. The van der Waals surface area contributed by atoms with Gasteiger partial charge in [-0.1, -0.05) is 30.3 Å². The number of hydrogen-bond acceptors (Lipinski definition) is 4. The van der Waals surface area contributed by atoms with Gasteiger partial charge in [0, 0.05) is 17.8 Å². The van der Waals surface area contributed by atoms with Crippen LogP contribution >= 0.6 is 0 Å². The Morgan fingerprint density at radius 1 is 1.15 bits per heavy atom. The summed E-state index contributed by atoms with van der Waals surface area (Å²) in [5.41, 5.74) is 1.82. The number of hydrogen-bond donors (Lipinski definition) is 1. The van der Waals surface area contributed by atoms with Crippen LogP contribution in [0.25, 0.3) is 0 Å². The maximum absolute atomic E-state index is 13.6. The number of nitrogens with one attached hydrogen (secondary N) is 1. The van der Waals surface area contributed by atoms with Crippen LogP contribution < -0.4 is 10.2 Å². The lowest BCUT2D eigenvalue weighted by Crippen LogP contribution is -2.47. The number of carbonyl (C=O) groups is 2. The van der Waals surface area contributed by atoms with E-state index in [0.29, 0.717) is 30.1 Å². The molecule has 0 aliphatic carbocycles. The van der Waals surface area contributed by atoms with Gasteiger partial charge in [-0.2, -0.15) is 5.10 Å². The van der Waals surface area contributed by atoms with Crippen LogP contribution in [0, 0.1) is 17.5 Å². The second-order valence-corrected chi connectivity index (χ2v) is 8.19. The topological polar surface area (TPSA) is 79.7 Å². The van der Waals surface area contributed by atoms with Gasteiger partial charge in [-0.15, -0.1) is 0 Å². The summed E-state index contributed by atoms with van der Waals surface area (Å²) < 4.78 is 47.4. The van der Waals surface area contributed by atoms with Crippen LogP contribution in [-0.2, 0) is 17.8 Å². The highest BCUT2D eigenvalue weighted by Gasteiger charge is 2.40. The van der Waals surface area contributed by atoms with Crippen LogP contribution in [0.4, 0.5) is 34.1 Å². The molecule has 11 heteroatoms. The smallest absolute Gasteiger partial charge is 0.415 e. The van der Waals surface area contributed by atoms with E-state index in [9.17, 15) is 22.8 Å². The monoisotopic (exact) mass is 471 g/mol. The summed E-state index contributed by atoms with van der Waals surface area (Å²) in [7, 11) is 0. The van der Waals surface area contributed by atoms with Crippen molar-refractivity contribution >= 4 is 23.5 Å². The molecule has 3 heterocycles. The Bertz CT molecular complexity index is 1240. The van der Waals surface area contributed by atoms with E-state index in [-0.39, 0.29) is 30.9 Å². The molecule has 176 valence electrons. The van der Waals surface area contributed by atoms with Crippen molar-refractivity contribution in [3.05, 3.63) is 77.4 Å². The molecule has 0 spiro atoms. The lowest BCUT2D eigenvalue weighted by Gasteiger charge is -2.35. The van der Waals surface area contributed by atoms with E-state index in [2.05, 4.69) is 10.4 Å². The summed E-state index contributed by atoms with van der Waals surface area (Å²) in [6.45, 7) is 2.40. The number of amides is 3. The number of carbonyl (C=O) groups excluding carboxylic acids is 2. The molecule has 0 bridgehead atoms. The highest BCUT2D eigenvalue weighted by molar-refractivity contribution is 5.92. The number of urea groups is 1. The molecule has 8 nitrogen and oxygen atoms in total. The Morgan fingerprint density at radius 2 is 1.85 bits per heavy atom. The van der Waals surface area contributed by atoms with Gasteiger partial charge in [0.1, 0.15) is 6.61 Å². The summed E-state index contributed by atoms with van der Waals surface area (Å²) in [4.78, 5) is 28.5. The van der Waals surface area contributed by atoms with Crippen LogP contribution in [0.1, 0.15) is 24.2 Å². The van der Waals surface area contributed by atoms with Crippen molar-refractivity contribution in [3.63, 3.8) is 0 Å². The molecular weight excluding hydrogens is 451 g/mol. The van der Waals surface area contributed by atoms with E-state index >= 15 is 0 Å². The largest absolute Gasteiger partial charge is 0.447 e. The molecule has 2 aromatic carbocycles. The maximum Gasteiger partial charge on any atom is 0.415 e. The van der Waals surface area contributed by atoms with Crippen LogP contribution in [0.5, 0.6) is 0 Å². The van der Waals surface area contributed by atoms with Gasteiger partial charge in [0.15, 0.2) is 17.5 Å². The van der Waals surface area contributed by atoms with Crippen LogP contribution in [-0.4, -0.2) is 39.5 Å². The lowest BCUT2D eigenvalue weighted by molar-refractivity contribution is 0.161. The fraction of sp³-hybridized carbons (Fsp3) is 0.261. The van der Waals surface area contributed by atoms with Gasteiger partial charge in [-0.05, 0) is 12.5 Å². The molecular formula is C23H20F3N5O3. The van der Waals surface area contributed by atoms with E-state index in [4.69, 9.17) is 4.74 Å². The number of halogens is 3. The molecule has 3 aromatic rings. The molecule has 34 heavy (non-hydrogen) atoms. The Hall–Kier alpha value is -4.02. The van der Waals surface area contributed by atoms with Gasteiger partial charge in [-0.3, -0.25) is 9.58 Å². The average Bonchev–Trinajstić information content (AvgIpc) is 3.39. The van der Waals surface area contributed by atoms with E-state index in [1.165, 1.54) is 9.80 Å². The van der Waals surface area contributed by atoms with Crippen molar-refractivity contribution < 1.29 is 27.5 Å². The Labute approximate surface area is 192 Å². The molecule has 1 saturated heterocycles. The second kappa shape index (κ2) is 8.40. The maximum atomic E-state index is 13.6. The fourth-order valence-electron chi connectivity index (χ4n) is 4.29. The van der Waals surface area contributed by atoms with E-state index in [1.807, 2.05) is 30.3 Å². The van der Waals surface area contributed by atoms with Gasteiger partial charge in [0.05, 0.1) is 42.8 Å². The predicted molar refractivity (Wildman–Crippen MR) is 116 cm³/mol. The normalized spacial score (nSPS) is 19.7. The van der Waals surface area contributed by atoms with E-state index < -0.39 is 29.6 Å². The third kappa shape index (κ3) is 3.72. The third-order valence-electron chi connectivity index (χ3n) is 6.03. The van der Waals surface area contributed by atoms with Crippen molar-refractivity contribution in [1.29, 1.82) is 0 Å². The zero-order valence-corrected chi connectivity index (χ0v) is 18.0. The molecule has 2 aliphatic heterocycles. The van der Waals surface area contributed by atoms with Gasteiger partial charge < -0.3 is 15.0 Å². The predicted octanol–water partition coefficient (Wildman–Crippen LogP) is 4.43. The number of rotatable bonds is 3. The van der Waals surface area contributed by atoms with Crippen molar-refractivity contribution in [2.75, 3.05) is 16.8 Å². The molecule has 0 saturated carbocycles. The molecule has 1 fully saturated rings. The van der Waals surface area contributed by atoms with E-state index in [0.717, 1.165) is 5.56 Å².